The highest BCUT2D eigenvalue weighted by Gasteiger charge is 2.19. The summed E-state index contributed by atoms with van der Waals surface area (Å²) < 4.78 is 12.6. The number of fused-ring (bicyclic) bond motifs is 2. The van der Waals surface area contributed by atoms with Gasteiger partial charge in [-0.1, -0.05) is 18.2 Å². The largest absolute Gasteiger partial charge is 0.454 e. The van der Waals surface area contributed by atoms with Crippen LogP contribution in [0.5, 0.6) is 11.5 Å². The molecule has 1 aliphatic heterocycles. The average Bonchev–Trinajstić information content (AvgIpc) is 3.11. The third-order valence-electron chi connectivity index (χ3n) is 3.78. The number of nitrogens with zero attached hydrogens (tertiary/aromatic N) is 1. The molecule has 2 aromatic carbocycles. The second-order valence-corrected chi connectivity index (χ2v) is 5.07. The van der Waals surface area contributed by atoms with E-state index in [4.69, 9.17) is 9.47 Å². The third kappa shape index (κ3) is 1.80. The number of carbonyl (C=O) groups is 1. The summed E-state index contributed by atoms with van der Waals surface area (Å²) in [6, 6.07) is 13.2. The van der Waals surface area contributed by atoms with Crippen molar-refractivity contribution in [2.75, 3.05) is 6.79 Å². The fraction of sp³-hybridized carbons (Fsp3) is 0.118. The molecule has 0 fully saturated rings. The van der Waals surface area contributed by atoms with Crippen molar-refractivity contribution in [3.8, 4) is 11.5 Å². The number of hydrogen-bond acceptors (Lipinski definition) is 3. The number of hydrogen-bond donors (Lipinski definition) is 0. The molecule has 2 heterocycles. The monoisotopic (exact) mass is 279 g/mol. The van der Waals surface area contributed by atoms with Crippen LogP contribution in [0.15, 0.2) is 48.7 Å². The highest BCUT2D eigenvalue weighted by molar-refractivity contribution is 6.16. The number of para-hydroxylation sites is 1. The van der Waals surface area contributed by atoms with E-state index in [0.29, 0.717) is 22.6 Å². The predicted molar refractivity (Wildman–Crippen MR) is 78.9 cm³/mol. The first-order chi connectivity index (χ1) is 10.2. The third-order valence-corrected chi connectivity index (χ3v) is 3.78. The molecule has 0 saturated heterocycles. The zero-order valence-corrected chi connectivity index (χ0v) is 11.5. The van der Waals surface area contributed by atoms with Gasteiger partial charge in [0.25, 0.3) is 0 Å². The molecule has 0 N–H and O–H groups in total. The lowest BCUT2D eigenvalue weighted by molar-refractivity contribution is 0.103. The number of ether oxygens (including phenoxy) is 2. The van der Waals surface area contributed by atoms with E-state index in [1.54, 1.807) is 18.2 Å². The number of carbonyl (C=O) groups excluding carboxylic acids is 1. The molecule has 0 saturated carbocycles. The van der Waals surface area contributed by atoms with E-state index in [-0.39, 0.29) is 12.6 Å². The minimum absolute atomic E-state index is 0.00917. The molecular formula is C17H13NO3. The van der Waals surface area contributed by atoms with Gasteiger partial charge < -0.3 is 14.0 Å². The molecule has 0 unspecified atom stereocenters. The molecule has 4 rings (SSSR count). The minimum Gasteiger partial charge on any atom is -0.454 e. The summed E-state index contributed by atoms with van der Waals surface area (Å²) in [4.78, 5) is 12.8. The number of aryl methyl sites for hydroxylation is 1. The highest BCUT2D eigenvalue weighted by atomic mass is 16.7. The first kappa shape index (κ1) is 12.0. The van der Waals surface area contributed by atoms with Crippen molar-refractivity contribution >= 4 is 16.7 Å². The Morgan fingerprint density at radius 3 is 2.81 bits per heavy atom. The maximum absolute atomic E-state index is 12.8. The van der Waals surface area contributed by atoms with Gasteiger partial charge in [0.05, 0.1) is 0 Å². The Bertz CT molecular complexity index is 864. The summed E-state index contributed by atoms with van der Waals surface area (Å²) in [7, 11) is 1.94. The van der Waals surface area contributed by atoms with Gasteiger partial charge in [0.1, 0.15) is 0 Å². The van der Waals surface area contributed by atoms with Gasteiger partial charge in [0.2, 0.25) is 6.79 Å². The molecule has 0 aliphatic carbocycles. The topological polar surface area (TPSA) is 40.5 Å². The van der Waals surface area contributed by atoms with Crippen molar-refractivity contribution in [1.82, 2.24) is 4.57 Å². The van der Waals surface area contributed by atoms with Gasteiger partial charge >= 0.3 is 0 Å². The molecule has 0 spiro atoms. The summed E-state index contributed by atoms with van der Waals surface area (Å²) in [5.41, 5.74) is 2.35. The molecule has 4 heteroatoms. The maximum atomic E-state index is 12.8. The lowest BCUT2D eigenvalue weighted by Gasteiger charge is -2.01. The van der Waals surface area contributed by atoms with Crippen LogP contribution in [0.2, 0.25) is 0 Å². The summed E-state index contributed by atoms with van der Waals surface area (Å²) in [5, 5.41) is 0.961. The zero-order chi connectivity index (χ0) is 14.4. The molecule has 0 bridgehead atoms. The van der Waals surface area contributed by atoms with Crippen LogP contribution in [0.4, 0.5) is 0 Å². The van der Waals surface area contributed by atoms with Gasteiger partial charge in [-0.3, -0.25) is 4.79 Å². The first-order valence-electron chi connectivity index (χ1n) is 6.72. The Balaban J connectivity index is 1.83. The molecule has 0 atom stereocenters. The van der Waals surface area contributed by atoms with Gasteiger partial charge in [-0.25, -0.2) is 0 Å². The Labute approximate surface area is 121 Å². The van der Waals surface area contributed by atoms with E-state index < -0.39 is 0 Å². The molecule has 3 aromatic rings. The van der Waals surface area contributed by atoms with Gasteiger partial charge in [-0.05, 0) is 24.3 Å². The van der Waals surface area contributed by atoms with Crippen molar-refractivity contribution < 1.29 is 14.3 Å². The van der Waals surface area contributed by atoms with Crippen molar-refractivity contribution in [3.05, 3.63) is 59.8 Å². The van der Waals surface area contributed by atoms with E-state index in [9.17, 15) is 4.79 Å². The van der Waals surface area contributed by atoms with E-state index in [0.717, 1.165) is 10.9 Å². The zero-order valence-electron chi connectivity index (χ0n) is 11.5. The number of rotatable bonds is 2. The first-order valence-corrected chi connectivity index (χ1v) is 6.72. The normalized spacial score (nSPS) is 12.8. The van der Waals surface area contributed by atoms with Crippen molar-refractivity contribution in [1.29, 1.82) is 0 Å². The second-order valence-electron chi connectivity index (χ2n) is 5.07. The molecule has 21 heavy (non-hydrogen) atoms. The molecule has 1 aliphatic rings. The van der Waals surface area contributed by atoms with E-state index in [2.05, 4.69) is 0 Å². The fourth-order valence-electron chi connectivity index (χ4n) is 2.72. The van der Waals surface area contributed by atoms with Crippen molar-refractivity contribution in [3.63, 3.8) is 0 Å². The summed E-state index contributed by atoms with van der Waals surface area (Å²) in [6.07, 6.45) is 1.87. The van der Waals surface area contributed by atoms with Crippen LogP contribution in [-0.2, 0) is 7.05 Å². The van der Waals surface area contributed by atoms with Gasteiger partial charge in [-0.2, -0.15) is 0 Å². The van der Waals surface area contributed by atoms with E-state index in [1.165, 1.54) is 0 Å². The smallest absolute Gasteiger partial charge is 0.231 e. The maximum Gasteiger partial charge on any atom is 0.231 e. The Morgan fingerprint density at radius 1 is 1.10 bits per heavy atom. The van der Waals surface area contributed by atoms with Crippen LogP contribution in [0.3, 0.4) is 0 Å². The van der Waals surface area contributed by atoms with Crippen LogP contribution in [0.25, 0.3) is 10.9 Å². The number of ketones is 1. The molecule has 1 aromatic heterocycles. The van der Waals surface area contributed by atoms with Gasteiger partial charge in [-0.15, -0.1) is 0 Å². The molecule has 4 nitrogen and oxygen atoms in total. The van der Waals surface area contributed by atoms with E-state index >= 15 is 0 Å². The molecule has 0 radical (unpaired) electrons. The Kier molecular flexibility index (Phi) is 2.51. The standard InChI is InChI=1S/C17H13NO3/c1-18-9-13(12-4-2-3-5-14(12)18)17(19)11-6-7-15-16(8-11)21-10-20-15/h2-9H,10H2,1H3. The lowest BCUT2D eigenvalue weighted by Crippen LogP contribution is -2.00. The quantitative estimate of drug-likeness (QED) is 0.677. The molecule has 104 valence electrons. The fourth-order valence-corrected chi connectivity index (χ4v) is 2.72. The summed E-state index contributed by atoms with van der Waals surface area (Å²) in [6.45, 7) is 0.210. The number of aromatic nitrogens is 1. The van der Waals surface area contributed by atoms with Crippen LogP contribution >= 0.6 is 0 Å². The van der Waals surface area contributed by atoms with Crippen LogP contribution < -0.4 is 9.47 Å². The summed E-state index contributed by atoms with van der Waals surface area (Å²) >= 11 is 0. The van der Waals surface area contributed by atoms with Crippen molar-refractivity contribution in [2.45, 2.75) is 0 Å². The SMILES string of the molecule is Cn1cc(C(=O)c2ccc3c(c2)OCO3)c2ccccc21. The highest BCUT2D eigenvalue weighted by Crippen LogP contribution is 2.33. The predicted octanol–water partition coefficient (Wildman–Crippen LogP) is 3.14. The second kappa shape index (κ2) is 4.38. The average molecular weight is 279 g/mol. The van der Waals surface area contributed by atoms with Crippen LogP contribution in [0, 0.1) is 0 Å². The van der Waals surface area contributed by atoms with Crippen LogP contribution in [-0.4, -0.2) is 17.1 Å². The van der Waals surface area contributed by atoms with Gasteiger partial charge in [0.15, 0.2) is 17.3 Å². The number of benzene rings is 2. The summed E-state index contributed by atoms with van der Waals surface area (Å²) in [5.74, 6) is 1.30. The molecule has 0 amide bonds. The van der Waals surface area contributed by atoms with Crippen molar-refractivity contribution in [2.24, 2.45) is 7.05 Å². The lowest BCUT2D eigenvalue weighted by atomic mass is 10.0. The molecular weight excluding hydrogens is 266 g/mol. The Morgan fingerprint density at radius 2 is 1.90 bits per heavy atom. The van der Waals surface area contributed by atoms with Gasteiger partial charge in [0, 0.05) is 35.3 Å². The van der Waals surface area contributed by atoms with Crippen LogP contribution in [0.1, 0.15) is 15.9 Å². The Hall–Kier alpha value is -2.75. The minimum atomic E-state index is -0.00917. The van der Waals surface area contributed by atoms with E-state index in [1.807, 2.05) is 42.1 Å².